The standard InChI is InChI=1S/C13H25NO2/c1-11(2)6-4-9-16-12(15)13(3)7-5-8-14-10-13/h11,14H,4-10H2,1-3H3. The van der Waals surface area contributed by atoms with Crippen LogP contribution in [-0.2, 0) is 9.53 Å². The van der Waals surface area contributed by atoms with Gasteiger partial charge in [-0.2, -0.15) is 0 Å². The predicted octanol–water partition coefficient (Wildman–Crippen LogP) is 2.36. The fraction of sp³-hybridized carbons (Fsp3) is 0.923. The van der Waals surface area contributed by atoms with Gasteiger partial charge in [0.1, 0.15) is 0 Å². The van der Waals surface area contributed by atoms with Crippen LogP contribution < -0.4 is 5.32 Å². The Morgan fingerprint density at radius 3 is 2.81 bits per heavy atom. The molecule has 1 fully saturated rings. The van der Waals surface area contributed by atoms with Crippen LogP contribution in [0.2, 0.25) is 0 Å². The number of esters is 1. The molecule has 1 heterocycles. The highest BCUT2D eigenvalue weighted by molar-refractivity contribution is 5.76. The maximum Gasteiger partial charge on any atom is 0.313 e. The zero-order chi connectivity index (χ0) is 12.0. The second-order valence-electron chi connectivity index (χ2n) is 5.51. The van der Waals surface area contributed by atoms with Gasteiger partial charge < -0.3 is 10.1 Å². The highest BCUT2D eigenvalue weighted by Gasteiger charge is 2.35. The van der Waals surface area contributed by atoms with E-state index >= 15 is 0 Å². The summed E-state index contributed by atoms with van der Waals surface area (Å²) in [5.74, 6) is 0.661. The summed E-state index contributed by atoms with van der Waals surface area (Å²) in [6.07, 6.45) is 4.12. The number of hydrogen-bond acceptors (Lipinski definition) is 3. The summed E-state index contributed by atoms with van der Waals surface area (Å²) in [7, 11) is 0. The summed E-state index contributed by atoms with van der Waals surface area (Å²) in [4.78, 5) is 11.9. The first-order valence-corrected chi connectivity index (χ1v) is 6.42. The van der Waals surface area contributed by atoms with Crippen molar-refractivity contribution in [1.82, 2.24) is 5.32 Å². The molecule has 0 amide bonds. The molecule has 0 radical (unpaired) electrons. The molecule has 0 aromatic rings. The molecule has 1 aliphatic heterocycles. The van der Waals surface area contributed by atoms with Crippen LogP contribution in [0.25, 0.3) is 0 Å². The second-order valence-corrected chi connectivity index (χ2v) is 5.51. The van der Waals surface area contributed by atoms with Crippen LogP contribution in [0, 0.1) is 11.3 Å². The molecule has 0 spiro atoms. The van der Waals surface area contributed by atoms with E-state index in [-0.39, 0.29) is 11.4 Å². The van der Waals surface area contributed by atoms with Gasteiger partial charge in [-0.25, -0.2) is 0 Å². The minimum Gasteiger partial charge on any atom is -0.465 e. The number of hydrogen-bond donors (Lipinski definition) is 1. The average molecular weight is 227 g/mol. The van der Waals surface area contributed by atoms with Crippen LogP contribution in [0.5, 0.6) is 0 Å². The molecule has 0 bridgehead atoms. The molecular weight excluding hydrogens is 202 g/mol. The van der Waals surface area contributed by atoms with E-state index in [9.17, 15) is 4.79 Å². The van der Waals surface area contributed by atoms with Crippen molar-refractivity contribution in [3.63, 3.8) is 0 Å². The van der Waals surface area contributed by atoms with Crippen molar-refractivity contribution in [3.05, 3.63) is 0 Å². The zero-order valence-electron chi connectivity index (χ0n) is 10.8. The lowest BCUT2D eigenvalue weighted by Gasteiger charge is -2.31. The van der Waals surface area contributed by atoms with E-state index in [1.165, 1.54) is 0 Å². The number of piperidine rings is 1. The Morgan fingerprint density at radius 2 is 2.25 bits per heavy atom. The van der Waals surface area contributed by atoms with Gasteiger partial charge in [0.15, 0.2) is 0 Å². The first kappa shape index (κ1) is 13.5. The van der Waals surface area contributed by atoms with Gasteiger partial charge in [0.05, 0.1) is 12.0 Å². The number of carbonyl (C=O) groups excluding carboxylic acids is 1. The van der Waals surface area contributed by atoms with Crippen molar-refractivity contribution in [2.45, 2.75) is 46.5 Å². The van der Waals surface area contributed by atoms with Gasteiger partial charge in [-0.05, 0) is 45.1 Å². The Balaban J connectivity index is 2.23. The molecule has 16 heavy (non-hydrogen) atoms. The molecule has 0 saturated carbocycles. The fourth-order valence-electron chi connectivity index (χ4n) is 2.06. The smallest absolute Gasteiger partial charge is 0.313 e. The quantitative estimate of drug-likeness (QED) is 0.579. The van der Waals surface area contributed by atoms with Crippen molar-refractivity contribution < 1.29 is 9.53 Å². The third kappa shape index (κ3) is 4.12. The van der Waals surface area contributed by atoms with Crippen LogP contribution in [0.3, 0.4) is 0 Å². The highest BCUT2D eigenvalue weighted by Crippen LogP contribution is 2.27. The predicted molar refractivity (Wildman–Crippen MR) is 65.2 cm³/mol. The largest absolute Gasteiger partial charge is 0.465 e. The maximum absolute atomic E-state index is 11.9. The highest BCUT2D eigenvalue weighted by atomic mass is 16.5. The Morgan fingerprint density at radius 1 is 1.50 bits per heavy atom. The van der Waals surface area contributed by atoms with Gasteiger partial charge in [0, 0.05) is 6.54 Å². The van der Waals surface area contributed by atoms with Gasteiger partial charge >= 0.3 is 5.97 Å². The summed E-state index contributed by atoms with van der Waals surface area (Å²) in [6, 6.07) is 0. The van der Waals surface area contributed by atoms with E-state index in [1.54, 1.807) is 0 Å². The molecule has 0 aliphatic carbocycles. The SMILES string of the molecule is CC(C)CCCOC(=O)C1(C)CCCNC1. The van der Waals surface area contributed by atoms with Gasteiger partial charge in [-0.1, -0.05) is 13.8 Å². The Hall–Kier alpha value is -0.570. The van der Waals surface area contributed by atoms with Gasteiger partial charge in [0.2, 0.25) is 0 Å². The number of carbonyl (C=O) groups is 1. The topological polar surface area (TPSA) is 38.3 Å². The molecule has 1 unspecified atom stereocenters. The third-order valence-electron chi connectivity index (χ3n) is 3.25. The molecule has 0 aromatic carbocycles. The molecule has 1 N–H and O–H groups in total. The first-order valence-electron chi connectivity index (χ1n) is 6.42. The minimum atomic E-state index is -0.296. The van der Waals surface area contributed by atoms with Gasteiger partial charge in [-0.3, -0.25) is 4.79 Å². The van der Waals surface area contributed by atoms with Crippen molar-refractivity contribution >= 4 is 5.97 Å². The van der Waals surface area contributed by atoms with Crippen LogP contribution in [0.15, 0.2) is 0 Å². The molecule has 1 aliphatic rings. The van der Waals surface area contributed by atoms with E-state index in [0.29, 0.717) is 12.5 Å². The van der Waals surface area contributed by atoms with Crippen molar-refractivity contribution in [2.24, 2.45) is 11.3 Å². The summed E-state index contributed by atoms with van der Waals surface area (Å²) >= 11 is 0. The molecule has 3 heteroatoms. The van der Waals surface area contributed by atoms with Crippen molar-refractivity contribution in [1.29, 1.82) is 0 Å². The fourth-order valence-corrected chi connectivity index (χ4v) is 2.06. The van der Waals surface area contributed by atoms with Crippen LogP contribution in [-0.4, -0.2) is 25.7 Å². The number of ether oxygens (including phenoxy) is 1. The van der Waals surface area contributed by atoms with Crippen LogP contribution in [0.4, 0.5) is 0 Å². The summed E-state index contributed by atoms with van der Waals surface area (Å²) in [5.41, 5.74) is -0.296. The summed E-state index contributed by atoms with van der Waals surface area (Å²) < 4.78 is 5.36. The normalized spacial score (nSPS) is 25.8. The Bertz CT molecular complexity index is 220. The first-order chi connectivity index (χ1) is 7.54. The van der Waals surface area contributed by atoms with E-state index in [4.69, 9.17) is 4.74 Å². The minimum absolute atomic E-state index is 0.0246. The molecule has 1 saturated heterocycles. The second kappa shape index (κ2) is 6.24. The molecule has 3 nitrogen and oxygen atoms in total. The van der Waals surface area contributed by atoms with Crippen LogP contribution >= 0.6 is 0 Å². The number of rotatable bonds is 5. The van der Waals surface area contributed by atoms with E-state index in [0.717, 1.165) is 38.8 Å². The van der Waals surface area contributed by atoms with E-state index in [1.807, 2.05) is 6.92 Å². The molecule has 0 aromatic heterocycles. The maximum atomic E-state index is 11.9. The van der Waals surface area contributed by atoms with Gasteiger partial charge in [-0.15, -0.1) is 0 Å². The molecular formula is C13H25NO2. The number of nitrogens with one attached hydrogen (secondary N) is 1. The lowest BCUT2D eigenvalue weighted by Crippen LogP contribution is -2.44. The Labute approximate surface area is 98.9 Å². The average Bonchev–Trinajstić information content (AvgIpc) is 2.25. The van der Waals surface area contributed by atoms with Crippen molar-refractivity contribution in [2.75, 3.05) is 19.7 Å². The summed E-state index contributed by atoms with van der Waals surface area (Å²) in [6.45, 7) is 8.74. The lowest BCUT2D eigenvalue weighted by molar-refractivity contribution is -0.156. The lowest BCUT2D eigenvalue weighted by atomic mass is 9.83. The Kier molecular flexibility index (Phi) is 5.26. The van der Waals surface area contributed by atoms with Crippen molar-refractivity contribution in [3.8, 4) is 0 Å². The monoisotopic (exact) mass is 227 g/mol. The van der Waals surface area contributed by atoms with E-state index in [2.05, 4.69) is 19.2 Å². The van der Waals surface area contributed by atoms with E-state index < -0.39 is 0 Å². The molecule has 1 rings (SSSR count). The molecule has 94 valence electrons. The zero-order valence-corrected chi connectivity index (χ0v) is 10.8. The molecule has 1 atom stereocenters. The third-order valence-corrected chi connectivity index (χ3v) is 3.25. The van der Waals surface area contributed by atoms with Crippen LogP contribution in [0.1, 0.15) is 46.5 Å². The summed E-state index contributed by atoms with van der Waals surface area (Å²) in [5, 5.41) is 3.26. The van der Waals surface area contributed by atoms with Gasteiger partial charge in [0.25, 0.3) is 0 Å².